The zero-order chi connectivity index (χ0) is 13.8. The Bertz CT molecular complexity index is 456. The van der Waals surface area contributed by atoms with E-state index in [1.54, 1.807) is 0 Å². The molecule has 0 spiro atoms. The summed E-state index contributed by atoms with van der Waals surface area (Å²) in [5.41, 5.74) is 7.95. The first-order valence-electron chi connectivity index (χ1n) is 6.58. The number of aryl methyl sites for hydroxylation is 1. The van der Waals surface area contributed by atoms with Gasteiger partial charge in [0.2, 0.25) is 5.91 Å². The van der Waals surface area contributed by atoms with Gasteiger partial charge in [0.1, 0.15) is 0 Å². The molecule has 0 aliphatic carbocycles. The van der Waals surface area contributed by atoms with Crippen molar-refractivity contribution < 1.29 is 4.79 Å². The molecule has 2 rings (SSSR count). The summed E-state index contributed by atoms with van der Waals surface area (Å²) in [5.74, 6) is 0.0510. The van der Waals surface area contributed by atoms with Gasteiger partial charge in [-0.2, -0.15) is 0 Å². The topological polar surface area (TPSA) is 58.4 Å². The van der Waals surface area contributed by atoms with E-state index in [-0.39, 0.29) is 5.91 Å². The molecule has 4 nitrogen and oxygen atoms in total. The number of rotatable bonds is 3. The Morgan fingerprint density at radius 1 is 1.47 bits per heavy atom. The van der Waals surface area contributed by atoms with Crippen molar-refractivity contribution in [3.05, 3.63) is 27.3 Å². The van der Waals surface area contributed by atoms with E-state index < -0.39 is 0 Å². The molecule has 1 amide bonds. The second-order valence-corrected chi connectivity index (χ2v) is 6.29. The lowest BCUT2D eigenvalue weighted by atomic mass is 10.1. The van der Waals surface area contributed by atoms with Gasteiger partial charge < -0.3 is 11.1 Å². The van der Waals surface area contributed by atoms with E-state index >= 15 is 0 Å². The van der Waals surface area contributed by atoms with Gasteiger partial charge in [0.05, 0.1) is 6.54 Å². The minimum absolute atomic E-state index is 0.0510. The van der Waals surface area contributed by atoms with Crippen LogP contribution >= 0.6 is 22.6 Å². The van der Waals surface area contributed by atoms with E-state index in [1.807, 2.05) is 18.2 Å². The Labute approximate surface area is 127 Å². The van der Waals surface area contributed by atoms with Gasteiger partial charge in [-0.15, -0.1) is 0 Å². The number of nitrogens with zero attached hydrogens (tertiary/aromatic N) is 1. The third-order valence-corrected chi connectivity index (χ3v) is 4.62. The van der Waals surface area contributed by atoms with E-state index in [2.05, 4.69) is 39.7 Å². The van der Waals surface area contributed by atoms with Crippen LogP contribution in [0.2, 0.25) is 0 Å². The molecule has 1 aromatic carbocycles. The molecule has 0 bridgehead atoms. The molecule has 1 aliphatic rings. The number of amides is 1. The van der Waals surface area contributed by atoms with Crippen LogP contribution in [0.25, 0.3) is 0 Å². The van der Waals surface area contributed by atoms with Gasteiger partial charge in [-0.1, -0.05) is 6.07 Å². The molecule has 19 heavy (non-hydrogen) atoms. The Balaban J connectivity index is 1.85. The normalized spacial score (nSPS) is 17.4. The van der Waals surface area contributed by atoms with Crippen LogP contribution in [-0.4, -0.2) is 36.5 Å². The number of piperidine rings is 1. The molecule has 5 heteroatoms. The fourth-order valence-corrected chi connectivity index (χ4v) is 2.70. The molecule has 1 aliphatic heterocycles. The highest BCUT2D eigenvalue weighted by atomic mass is 127. The van der Waals surface area contributed by atoms with Gasteiger partial charge in [0, 0.05) is 28.4 Å². The van der Waals surface area contributed by atoms with Crippen molar-refractivity contribution >= 4 is 34.2 Å². The number of hydrogen-bond acceptors (Lipinski definition) is 3. The number of halogens is 1. The minimum atomic E-state index is 0.0510. The zero-order valence-corrected chi connectivity index (χ0v) is 13.3. The van der Waals surface area contributed by atoms with Crippen LogP contribution < -0.4 is 11.1 Å². The molecular formula is C14H20IN3O. The molecule has 1 heterocycles. The first-order chi connectivity index (χ1) is 9.04. The summed E-state index contributed by atoms with van der Waals surface area (Å²) in [6.45, 7) is 4.35. The predicted octanol–water partition coefficient (Wildman–Crippen LogP) is 1.96. The molecule has 1 saturated heterocycles. The first kappa shape index (κ1) is 14.7. The number of likely N-dealkylation sites (tertiary alicyclic amines) is 1. The summed E-state index contributed by atoms with van der Waals surface area (Å²) in [4.78, 5) is 14.1. The van der Waals surface area contributed by atoms with E-state index in [4.69, 9.17) is 5.73 Å². The summed E-state index contributed by atoms with van der Waals surface area (Å²) in [7, 11) is 0. The van der Waals surface area contributed by atoms with Gasteiger partial charge in [-0.25, -0.2) is 0 Å². The minimum Gasteiger partial charge on any atom is -0.328 e. The van der Waals surface area contributed by atoms with Gasteiger partial charge in [-0.05, 0) is 60.1 Å². The lowest BCUT2D eigenvalue weighted by Gasteiger charge is -2.29. The van der Waals surface area contributed by atoms with E-state index in [1.165, 1.54) is 9.13 Å². The van der Waals surface area contributed by atoms with Crippen molar-refractivity contribution in [2.45, 2.75) is 25.8 Å². The number of nitrogens with two attached hydrogens (primary N) is 1. The number of benzene rings is 1. The average molecular weight is 373 g/mol. The van der Waals surface area contributed by atoms with Crippen LogP contribution in [0, 0.1) is 10.5 Å². The van der Waals surface area contributed by atoms with E-state index in [0.717, 1.165) is 31.6 Å². The summed E-state index contributed by atoms with van der Waals surface area (Å²) in [6.07, 6.45) is 1.96. The maximum absolute atomic E-state index is 12.0. The van der Waals surface area contributed by atoms with E-state index in [9.17, 15) is 4.79 Å². The SMILES string of the molecule is Cc1ccc(NC(=O)CN2CCC(N)CC2)cc1I. The predicted molar refractivity (Wildman–Crippen MR) is 86.2 cm³/mol. The molecule has 1 aromatic rings. The first-order valence-corrected chi connectivity index (χ1v) is 7.66. The second kappa shape index (κ2) is 6.67. The highest BCUT2D eigenvalue weighted by Gasteiger charge is 2.18. The van der Waals surface area contributed by atoms with Crippen molar-refractivity contribution in [3.8, 4) is 0 Å². The summed E-state index contributed by atoms with van der Waals surface area (Å²) in [5, 5.41) is 2.95. The standard InChI is InChI=1S/C14H20IN3O/c1-10-2-3-12(8-13(10)15)17-14(19)9-18-6-4-11(16)5-7-18/h2-3,8,11H,4-7,9,16H2,1H3,(H,17,19). The van der Waals surface area contributed by atoms with Crippen LogP contribution in [0.3, 0.4) is 0 Å². The molecule has 3 N–H and O–H groups in total. The van der Waals surface area contributed by atoms with Crippen molar-refractivity contribution in [3.63, 3.8) is 0 Å². The van der Waals surface area contributed by atoms with Crippen molar-refractivity contribution in [1.29, 1.82) is 0 Å². The Morgan fingerprint density at radius 2 is 2.16 bits per heavy atom. The molecule has 0 saturated carbocycles. The fraction of sp³-hybridized carbons (Fsp3) is 0.500. The van der Waals surface area contributed by atoms with E-state index in [0.29, 0.717) is 12.6 Å². The maximum Gasteiger partial charge on any atom is 0.238 e. The maximum atomic E-state index is 12.0. The summed E-state index contributed by atoms with van der Waals surface area (Å²) >= 11 is 2.28. The zero-order valence-electron chi connectivity index (χ0n) is 11.2. The van der Waals surface area contributed by atoms with Crippen molar-refractivity contribution in [2.75, 3.05) is 25.0 Å². The Morgan fingerprint density at radius 3 is 2.79 bits per heavy atom. The Hall–Kier alpha value is -0.660. The highest BCUT2D eigenvalue weighted by Crippen LogP contribution is 2.17. The molecule has 0 atom stereocenters. The van der Waals surface area contributed by atoms with Crippen molar-refractivity contribution in [1.82, 2.24) is 4.90 Å². The summed E-state index contributed by atoms with van der Waals surface area (Å²) in [6, 6.07) is 6.27. The van der Waals surface area contributed by atoms with Crippen LogP contribution in [0.5, 0.6) is 0 Å². The van der Waals surface area contributed by atoms with Gasteiger partial charge in [-0.3, -0.25) is 9.69 Å². The average Bonchev–Trinajstić information content (AvgIpc) is 2.37. The molecule has 0 radical (unpaired) electrons. The second-order valence-electron chi connectivity index (χ2n) is 5.13. The van der Waals surface area contributed by atoms with Crippen molar-refractivity contribution in [2.24, 2.45) is 5.73 Å². The fourth-order valence-electron chi connectivity index (χ4n) is 2.19. The number of hydrogen-bond donors (Lipinski definition) is 2. The van der Waals surface area contributed by atoms with Gasteiger partial charge >= 0.3 is 0 Å². The molecule has 0 unspecified atom stereocenters. The van der Waals surface area contributed by atoms with Crippen LogP contribution in [0.1, 0.15) is 18.4 Å². The third-order valence-electron chi connectivity index (χ3n) is 3.46. The summed E-state index contributed by atoms with van der Waals surface area (Å²) < 4.78 is 1.17. The van der Waals surface area contributed by atoms with Gasteiger partial charge in [0.25, 0.3) is 0 Å². The number of carbonyl (C=O) groups is 1. The molecular weight excluding hydrogens is 353 g/mol. The quantitative estimate of drug-likeness (QED) is 0.797. The number of nitrogens with one attached hydrogen (secondary N) is 1. The highest BCUT2D eigenvalue weighted by molar-refractivity contribution is 14.1. The lowest BCUT2D eigenvalue weighted by molar-refractivity contribution is -0.117. The third kappa shape index (κ3) is 4.43. The number of carbonyl (C=O) groups excluding carboxylic acids is 1. The molecule has 0 aromatic heterocycles. The Kier molecular flexibility index (Phi) is 5.18. The largest absolute Gasteiger partial charge is 0.328 e. The molecule has 104 valence electrons. The van der Waals surface area contributed by atoms with Gasteiger partial charge in [0.15, 0.2) is 0 Å². The van der Waals surface area contributed by atoms with Crippen LogP contribution in [-0.2, 0) is 4.79 Å². The number of anilines is 1. The monoisotopic (exact) mass is 373 g/mol. The van der Waals surface area contributed by atoms with Crippen LogP contribution in [0.15, 0.2) is 18.2 Å². The smallest absolute Gasteiger partial charge is 0.238 e. The molecule has 1 fully saturated rings. The lowest BCUT2D eigenvalue weighted by Crippen LogP contribution is -2.43. The van der Waals surface area contributed by atoms with Crippen LogP contribution in [0.4, 0.5) is 5.69 Å².